The maximum absolute atomic E-state index is 12.0. The first-order valence-electron chi connectivity index (χ1n) is 7.03. The van der Waals surface area contributed by atoms with E-state index >= 15 is 0 Å². The molecule has 1 aromatic carbocycles. The summed E-state index contributed by atoms with van der Waals surface area (Å²) in [5, 5.41) is 11.8. The van der Waals surface area contributed by atoms with Gasteiger partial charge >= 0.3 is 0 Å². The average molecular weight is 305 g/mol. The number of rotatable bonds is 7. The Bertz CT molecular complexity index is 581. The van der Waals surface area contributed by atoms with E-state index in [0.29, 0.717) is 17.3 Å². The molecule has 0 aliphatic carbocycles. The Labute approximate surface area is 128 Å². The minimum Gasteiger partial charge on any atom is -0.494 e. The first-order valence-corrected chi connectivity index (χ1v) is 7.85. The van der Waals surface area contributed by atoms with Gasteiger partial charge in [0.2, 0.25) is 5.13 Å². The monoisotopic (exact) mass is 305 g/mol. The van der Waals surface area contributed by atoms with Crippen LogP contribution >= 0.6 is 11.3 Å². The zero-order valence-corrected chi connectivity index (χ0v) is 13.1. The molecule has 0 bridgehead atoms. The van der Waals surface area contributed by atoms with E-state index in [1.807, 2.05) is 19.1 Å². The van der Waals surface area contributed by atoms with Gasteiger partial charge in [0.05, 0.1) is 6.61 Å². The number of anilines is 1. The molecule has 1 N–H and O–H groups in total. The number of carbonyl (C=O) groups excluding carboxylic acids is 1. The van der Waals surface area contributed by atoms with Gasteiger partial charge in [-0.1, -0.05) is 31.1 Å². The first-order chi connectivity index (χ1) is 10.2. The molecule has 0 fully saturated rings. The third-order valence-corrected chi connectivity index (χ3v) is 3.63. The van der Waals surface area contributed by atoms with E-state index in [1.54, 1.807) is 12.1 Å². The Balaban J connectivity index is 1.87. The summed E-state index contributed by atoms with van der Waals surface area (Å²) < 4.78 is 5.61. The Kier molecular flexibility index (Phi) is 5.68. The molecule has 0 atom stereocenters. The molecule has 2 rings (SSSR count). The molecule has 0 unspecified atom stereocenters. The molecular weight excluding hydrogens is 286 g/mol. The second-order valence-electron chi connectivity index (χ2n) is 4.66. The Morgan fingerprint density at radius 2 is 2.00 bits per heavy atom. The summed E-state index contributed by atoms with van der Waals surface area (Å²) in [6.07, 6.45) is 3.39. The topological polar surface area (TPSA) is 64.1 Å². The van der Waals surface area contributed by atoms with Gasteiger partial charge < -0.3 is 4.74 Å². The molecule has 112 valence electrons. The number of hydrogen-bond donors (Lipinski definition) is 1. The molecule has 2 aromatic rings. The van der Waals surface area contributed by atoms with Crippen LogP contribution in [0.25, 0.3) is 0 Å². The van der Waals surface area contributed by atoms with Crippen LogP contribution in [0.1, 0.15) is 41.6 Å². The van der Waals surface area contributed by atoms with Gasteiger partial charge in [0.15, 0.2) is 0 Å². The molecular formula is C15H19N3O2S. The van der Waals surface area contributed by atoms with Gasteiger partial charge in [-0.2, -0.15) is 0 Å². The van der Waals surface area contributed by atoms with Gasteiger partial charge in [-0.05, 0) is 37.6 Å². The number of hydrogen-bond acceptors (Lipinski definition) is 5. The minimum atomic E-state index is -0.191. The maximum Gasteiger partial charge on any atom is 0.257 e. The SMILES string of the molecule is CCCCCOc1ccc(C(=O)Nc2nnc(C)s2)cc1. The van der Waals surface area contributed by atoms with Crippen molar-refractivity contribution in [2.24, 2.45) is 0 Å². The van der Waals surface area contributed by atoms with E-state index < -0.39 is 0 Å². The van der Waals surface area contributed by atoms with Crippen molar-refractivity contribution in [3.63, 3.8) is 0 Å². The average Bonchev–Trinajstić information content (AvgIpc) is 2.89. The number of aromatic nitrogens is 2. The molecule has 0 aliphatic rings. The smallest absolute Gasteiger partial charge is 0.257 e. The zero-order chi connectivity index (χ0) is 15.1. The maximum atomic E-state index is 12.0. The summed E-state index contributed by atoms with van der Waals surface area (Å²) in [6.45, 7) is 4.72. The predicted octanol–water partition coefficient (Wildman–Crippen LogP) is 3.67. The molecule has 0 radical (unpaired) electrons. The number of nitrogens with one attached hydrogen (secondary N) is 1. The molecule has 0 saturated heterocycles. The van der Waals surface area contributed by atoms with Crippen LogP contribution in [-0.2, 0) is 0 Å². The Morgan fingerprint density at radius 1 is 1.24 bits per heavy atom. The van der Waals surface area contributed by atoms with Crippen molar-refractivity contribution in [3.8, 4) is 5.75 Å². The highest BCUT2D eigenvalue weighted by molar-refractivity contribution is 7.15. The van der Waals surface area contributed by atoms with Crippen LogP contribution in [-0.4, -0.2) is 22.7 Å². The van der Waals surface area contributed by atoms with Crippen LogP contribution in [0.4, 0.5) is 5.13 Å². The largest absolute Gasteiger partial charge is 0.494 e. The number of amides is 1. The number of unbranched alkanes of at least 4 members (excludes halogenated alkanes) is 2. The van der Waals surface area contributed by atoms with Crippen molar-refractivity contribution in [1.29, 1.82) is 0 Å². The second kappa shape index (κ2) is 7.73. The summed E-state index contributed by atoms with van der Waals surface area (Å²) >= 11 is 1.35. The van der Waals surface area contributed by atoms with Crippen molar-refractivity contribution in [1.82, 2.24) is 10.2 Å². The molecule has 0 aliphatic heterocycles. The van der Waals surface area contributed by atoms with Gasteiger partial charge in [0.25, 0.3) is 5.91 Å². The Morgan fingerprint density at radius 3 is 2.62 bits per heavy atom. The third kappa shape index (κ3) is 4.82. The van der Waals surface area contributed by atoms with Crippen molar-refractivity contribution in [2.75, 3.05) is 11.9 Å². The highest BCUT2D eigenvalue weighted by atomic mass is 32.1. The normalized spacial score (nSPS) is 10.4. The summed E-state index contributed by atoms with van der Waals surface area (Å²) in [5.41, 5.74) is 0.573. The number of ether oxygens (including phenoxy) is 1. The zero-order valence-electron chi connectivity index (χ0n) is 12.3. The molecule has 1 amide bonds. The molecule has 1 aromatic heterocycles. The summed E-state index contributed by atoms with van der Waals surface area (Å²) in [7, 11) is 0. The standard InChI is InChI=1S/C15H19N3O2S/c1-3-4-5-10-20-13-8-6-12(7-9-13)14(19)16-15-18-17-11(2)21-15/h6-9H,3-5,10H2,1-2H3,(H,16,18,19). The molecule has 5 nitrogen and oxygen atoms in total. The second-order valence-corrected chi connectivity index (χ2v) is 5.84. The highest BCUT2D eigenvalue weighted by Crippen LogP contribution is 2.17. The lowest BCUT2D eigenvalue weighted by Gasteiger charge is -2.06. The van der Waals surface area contributed by atoms with E-state index in [4.69, 9.17) is 4.74 Å². The molecule has 21 heavy (non-hydrogen) atoms. The lowest BCUT2D eigenvalue weighted by atomic mass is 10.2. The predicted molar refractivity (Wildman–Crippen MR) is 84.1 cm³/mol. The fourth-order valence-corrected chi connectivity index (χ4v) is 2.35. The van der Waals surface area contributed by atoms with E-state index in [2.05, 4.69) is 22.4 Å². The van der Waals surface area contributed by atoms with E-state index in [0.717, 1.165) is 17.2 Å². The number of aryl methyl sites for hydroxylation is 1. The minimum absolute atomic E-state index is 0.191. The fraction of sp³-hybridized carbons (Fsp3) is 0.400. The van der Waals surface area contributed by atoms with Gasteiger partial charge in [0.1, 0.15) is 10.8 Å². The van der Waals surface area contributed by atoms with Crippen LogP contribution in [0.3, 0.4) is 0 Å². The van der Waals surface area contributed by atoms with Crippen LogP contribution < -0.4 is 10.1 Å². The van der Waals surface area contributed by atoms with Crippen molar-refractivity contribution >= 4 is 22.4 Å². The van der Waals surface area contributed by atoms with Crippen molar-refractivity contribution in [2.45, 2.75) is 33.1 Å². The van der Waals surface area contributed by atoms with Crippen LogP contribution in [0, 0.1) is 6.92 Å². The van der Waals surface area contributed by atoms with Crippen LogP contribution in [0.15, 0.2) is 24.3 Å². The number of benzene rings is 1. The lowest BCUT2D eigenvalue weighted by Crippen LogP contribution is -2.11. The number of nitrogens with zero attached hydrogens (tertiary/aromatic N) is 2. The highest BCUT2D eigenvalue weighted by Gasteiger charge is 2.09. The summed E-state index contributed by atoms with van der Waals surface area (Å²) in [6, 6.07) is 7.12. The van der Waals surface area contributed by atoms with E-state index in [1.165, 1.54) is 24.2 Å². The van der Waals surface area contributed by atoms with Gasteiger partial charge in [-0.25, -0.2) is 0 Å². The first kappa shape index (κ1) is 15.4. The summed E-state index contributed by atoms with van der Waals surface area (Å²) in [4.78, 5) is 12.0. The van der Waals surface area contributed by atoms with Crippen molar-refractivity contribution < 1.29 is 9.53 Å². The van der Waals surface area contributed by atoms with Crippen LogP contribution in [0.2, 0.25) is 0 Å². The van der Waals surface area contributed by atoms with Crippen LogP contribution in [0.5, 0.6) is 5.75 Å². The number of carbonyl (C=O) groups is 1. The van der Waals surface area contributed by atoms with Gasteiger partial charge in [-0.3, -0.25) is 10.1 Å². The van der Waals surface area contributed by atoms with Gasteiger partial charge in [-0.15, -0.1) is 10.2 Å². The van der Waals surface area contributed by atoms with E-state index in [9.17, 15) is 4.79 Å². The Hall–Kier alpha value is -1.95. The van der Waals surface area contributed by atoms with E-state index in [-0.39, 0.29) is 5.91 Å². The molecule has 0 spiro atoms. The quantitative estimate of drug-likeness (QED) is 0.793. The van der Waals surface area contributed by atoms with Crippen molar-refractivity contribution in [3.05, 3.63) is 34.8 Å². The summed E-state index contributed by atoms with van der Waals surface area (Å²) in [5.74, 6) is 0.595. The molecule has 6 heteroatoms. The fourth-order valence-electron chi connectivity index (χ4n) is 1.76. The lowest BCUT2D eigenvalue weighted by molar-refractivity contribution is 0.102. The molecule has 1 heterocycles. The third-order valence-electron chi connectivity index (χ3n) is 2.88. The van der Waals surface area contributed by atoms with Gasteiger partial charge in [0, 0.05) is 5.56 Å². The molecule has 0 saturated carbocycles.